The van der Waals surface area contributed by atoms with Gasteiger partial charge in [0.15, 0.2) is 5.03 Å². The first-order valence-corrected chi connectivity index (χ1v) is 6.42. The van der Waals surface area contributed by atoms with Gasteiger partial charge in [0, 0.05) is 12.7 Å². The lowest BCUT2D eigenvalue weighted by Gasteiger charge is -2.06. The van der Waals surface area contributed by atoms with Crippen LogP contribution in [0, 0.1) is 0 Å². The van der Waals surface area contributed by atoms with E-state index in [1.165, 1.54) is 0 Å². The lowest BCUT2D eigenvalue weighted by Crippen LogP contribution is -2.29. The van der Waals surface area contributed by atoms with Crippen molar-refractivity contribution >= 4 is 22.1 Å². The number of primary amides is 1. The molecule has 19 heavy (non-hydrogen) atoms. The Morgan fingerprint density at radius 1 is 1.42 bits per heavy atom. The van der Waals surface area contributed by atoms with Crippen LogP contribution in [0.2, 0.25) is 0 Å². The SMILES string of the molecule is NC(=O)OCCNS(=O)(=O)c1ccc(C(=O)O)cn1. The smallest absolute Gasteiger partial charge is 0.404 e. The summed E-state index contributed by atoms with van der Waals surface area (Å²) in [6.07, 6.45) is -0.0836. The van der Waals surface area contributed by atoms with Gasteiger partial charge in [-0.1, -0.05) is 0 Å². The number of sulfonamides is 1. The zero-order valence-corrected chi connectivity index (χ0v) is 10.4. The van der Waals surface area contributed by atoms with E-state index in [1.807, 2.05) is 0 Å². The Morgan fingerprint density at radius 3 is 2.58 bits per heavy atom. The molecule has 0 saturated heterocycles. The average Bonchev–Trinajstić information content (AvgIpc) is 2.34. The molecule has 0 saturated carbocycles. The standard InChI is InChI=1S/C9H11N3O6S/c10-9(15)18-4-3-12-19(16,17)7-2-1-6(5-11-7)8(13)14/h1-2,5,12H,3-4H2,(H2,10,15)(H,13,14). The second-order valence-corrected chi connectivity index (χ2v) is 4.97. The third-order valence-corrected chi connectivity index (χ3v) is 3.27. The first kappa shape index (κ1) is 14.9. The molecule has 0 aliphatic rings. The lowest BCUT2D eigenvalue weighted by atomic mass is 10.3. The second kappa shape index (κ2) is 6.11. The van der Waals surface area contributed by atoms with Crippen LogP contribution in [0.5, 0.6) is 0 Å². The van der Waals surface area contributed by atoms with Gasteiger partial charge < -0.3 is 15.6 Å². The number of carboxylic acid groups (broad SMARTS) is 1. The summed E-state index contributed by atoms with van der Waals surface area (Å²) in [6, 6.07) is 2.17. The maximum atomic E-state index is 11.7. The predicted octanol–water partition coefficient (Wildman–Crippen LogP) is -0.847. The van der Waals surface area contributed by atoms with Crippen LogP contribution in [0.3, 0.4) is 0 Å². The predicted molar refractivity (Wildman–Crippen MR) is 61.9 cm³/mol. The van der Waals surface area contributed by atoms with Crippen molar-refractivity contribution in [2.75, 3.05) is 13.2 Å². The summed E-state index contributed by atoms with van der Waals surface area (Å²) >= 11 is 0. The van der Waals surface area contributed by atoms with Crippen LogP contribution in [0.1, 0.15) is 10.4 Å². The number of carboxylic acids is 1. The number of aromatic nitrogens is 1. The van der Waals surface area contributed by atoms with Gasteiger partial charge in [0.2, 0.25) is 0 Å². The minimum absolute atomic E-state index is 0.129. The Hall–Kier alpha value is -2.20. The molecular weight excluding hydrogens is 278 g/mol. The lowest BCUT2D eigenvalue weighted by molar-refractivity contribution is 0.0696. The molecular formula is C9H11N3O6S. The molecule has 1 aromatic heterocycles. The zero-order valence-electron chi connectivity index (χ0n) is 9.57. The van der Waals surface area contributed by atoms with Crippen LogP contribution in [-0.4, -0.2) is 43.7 Å². The van der Waals surface area contributed by atoms with E-state index in [0.717, 1.165) is 18.3 Å². The Bertz CT molecular complexity index is 568. The number of aromatic carboxylic acids is 1. The minimum atomic E-state index is -3.89. The summed E-state index contributed by atoms with van der Waals surface area (Å²) in [5.74, 6) is -1.21. The first-order chi connectivity index (χ1) is 8.83. The topological polar surface area (TPSA) is 149 Å². The van der Waals surface area contributed by atoms with Gasteiger partial charge in [-0.05, 0) is 12.1 Å². The van der Waals surface area contributed by atoms with Crippen molar-refractivity contribution in [3.05, 3.63) is 23.9 Å². The zero-order chi connectivity index (χ0) is 14.5. The van der Waals surface area contributed by atoms with E-state index >= 15 is 0 Å². The maximum Gasteiger partial charge on any atom is 0.404 e. The Balaban J connectivity index is 2.66. The number of rotatable bonds is 6. The van der Waals surface area contributed by atoms with Gasteiger partial charge in [-0.2, -0.15) is 0 Å². The number of ether oxygens (including phenoxy) is 1. The number of carbonyl (C=O) groups excluding carboxylic acids is 1. The van der Waals surface area contributed by atoms with E-state index in [2.05, 4.69) is 14.4 Å². The van der Waals surface area contributed by atoms with Crippen LogP contribution in [0.25, 0.3) is 0 Å². The highest BCUT2D eigenvalue weighted by atomic mass is 32.2. The number of nitrogens with one attached hydrogen (secondary N) is 1. The number of nitrogens with two attached hydrogens (primary N) is 1. The van der Waals surface area contributed by atoms with Crippen molar-refractivity contribution in [3.63, 3.8) is 0 Å². The number of amides is 1. The van der Waals surface area contributed by atoms with Crippen LogP contribution in [-0.2, 0) is 14.8 Å². The molecule has 0 bridgehead atoms. The first-order valence-electron chi connectivity index (χ1n) is 4.94. The van der Waals surface area contributed by atoms with Gasteiger partial charge in [0.1, 0.15) is 6.61 Å². The van der Waals surface area contributed by atoms with E-state index in [-0.39, 0.29) is 23.7 Å². The fraction of sp³-hybridized carbons (Fsp3) is 0.222. The summed E-state index contributed by atoms with van der Waals surface area (Å²) in [5, 5.41) is 8.30. The van der Waals surface area contributed by atoms with Crippen molar-refractivity contribution in [2.45, 2.75) is 5.03 Å². The fourth-order valence-electron chi connectivity index (χ4n) is 1.07. The summed E-state index contributed by atoms with van der Waals surface area (Å²) in [6.45, 7) is -0.393. The second-order valence-electron chi connectivity index (χ2n) is 3.26. The Labute approximate surface area is 108 Å². The summed E-state index contributed by atoms with van der Waals surface area (Å²) < 4.78 is 29.8. The molecule has 0 atom stereocenters. The summed E-state index contributed by atoms with van der Waals surface area (Å²) in [5.41, 5.74) is 4.56. The van der Waals surface area contributed by atoms with Gasteiger partial charge in [-0.25, -0.2) is 27.7 Å². The molecule has 0 aliphatic heterocycles. The third-order valence-electron chi connectivity index (χ3n) is 1.90. The molecule has 1 amide bonds. The number of pyridine rings is 1. The minimum Gasteiger partial charge on any atom is -0.478 e. The van der Waals surface area contributed by atoms with E-state index in [1.54, 1.807) is 0 Å². The average molecular weight is 289 g/mol. The molecule has 4 N–H and O–H groups in total. The molecule has 0 unspecified atom stereocenters. The van der Waals surface area contributed by atoms with Crippen LogP contribution in [0.4, 0.5) is 4.79 Å². The highest BCUT2D eigenvalue weighted by Gasteiger charge is 2.16. The highest BCUT2D eigenvalue weighted by molar-refractivity contribution is 7.89. The molecule has 0 aromatic carbocycles. The maximum absolute atomic E-state index is 11.7. The Morgan fingerprint density at radius 2 is 2.11 bits per heavy atom. The molecule has 0 radical (unpaired) electrons. The van der Waals surface area contributed by atoms with Crippen molar-refractivity contribution < 1.29 is 27.9 Å². The van der Waals surface area contributed by atoms with Crippen LogP contribution >= 0.6 is 0 Å². The number of hydrogen-bond donors (Lipinski definition) is 3. The summed E-state index contributed by atoms with van der Waals surface area (Å²) in [7, 11) is -3.89. The molecule has 9 nitrogen and oxygen atoms in total. The molecule has 0 fully saturated rings. The van der Waals surface area contributed by atoms with Crippen molar-refractivity contribution in [3.8, 4) is 0 Å². The quantitative estimate of drug-likeness (QED) is 0.577. The van der Waals surface area contributed by atoms with Gasteiger partial charge >= 0.3 is 12.1 Å². The van der Waals surface area contributed by atoms with Gasteiger partial charge in [0.25, 0.3) is 10.0 Å². The van der Waals surface area contributed by atoms with E-state index in [4.69, 9.17) is 10.8 Å². The molecule has 0 spiro atoms. The Kier molecular flexibility index (Phi) is 4.78. The van der Waals surface area contributed by atoms with Gasteiger partial charge in [-0.15, -0.1) is 0 Å². The fourth-order valence-corrected chi connectivity index (χ4v) is 2.01. The normalized spacial score (nSPS) is 10.9. The van der Waals surface area contributed by atoms with Crippen LogP contribution < -0.4 is 10.5 Å². The molecule has 10 heteroatoms. The number of nitrogens with zero attached hydrogens (tertiary/aromatic N) is 1. The molecule has 104 valence electrons. The molecule has 0 aliphatic carbocycles. The monoisotopic (exact) mass is 289 g/mol. The molecule has 1 heterocycles. The third kappa shape index (κ3) is 4.52. The largest absolute Gasteiger partial charge is 0.478 e. The van der Waals surface area contributed by atoms with E-state index in [9.17, 15) is 18.0 Å². The highest BCUT2D eigenvalue weighted by Crippen LogP contribution is 2.06. The molecule has 1 rings (SSSR count). The van der Waals surface area contributed by atoms with Crippen molar-refractivity contribution in [1.29, 1.82) is 0 Å². The van der Waals surface area contributed by atoms with E-state index < -0.39 is 22.1 Å². The van der Waals surface area contributed by atoms with Crippen molar-refractivity contribution in [1.82, 2.24) is 9.71 Å². The van der Waals surface area contributed by atoms with Crippen molar-refractivity contribution in [2.24, 2.45) is 5.73 Å². The van der Waals surface area contributed by atoms with E-state index in [0.29, 0.717) is 0 Å². The van der Waals surface area contributed by atoms with Gasteiger partial charge in [0.05, 0.1) is 5.56 Å². The number of carbonyl (C=O) groups is 2. The number of hydrogen-bond acceptors (Lipinski definition) is 6. The molecule has 1 aromatic rings. The van der Waals surface area contributed by atoms with Gasteiger partial charge in [-0.3, -0.25) is 0 Å². The summed E-state index contributed by atoms with van der Waals surface area (Å²) in [4.78, 5) is 24.3. The van der Waals surface area contributed by atoms with Crippen LogP contribution in [0.15, 0.2) is 23.4 Å².